The molecule has 2 heterocycles. The van der Waals surface area contributed by atoms with E-state index in [2.05, 4.69) is 4.98 Å². The topological polar surface area (TPSA) is 56.7 Å². The average molecular weight is 235 g/mol. The van der Waals surface area contributed by atoms with Gasteiger partial charge in [0, 0.05) is 20.1 Å². The van der Waals surface area contributed by atoms with Crippen molar-refractivity contribution in [1.29, 1.82) is 0 Å². The first kappa shape index (κ1) is 11.9. The van der Waals surface area contributed by atoms with Gasteiger partial charge < -0.3 is 14.9 Å². The summed E-state index contributed by atoms with van der Waals surface area (Å²) in [7, 11) is 1.81. The molecule has 0 radical (unpaired) electrons. The van der Waals surface area contributed by atoms with Crippen molar-refractivity contribution in [2.45, 2.75) is 13.0 Å². The highest BCUT2D eigenvalue weighted by molar-refractivity contribution is 5.82. The Kier molecular flexibility index (Phi) is 3.28. The van der Waals surface area contributed by atoms with E-state index < -0.39 is 6.10 Å². The molecule has 0 bridgehead atoms. The second-order valence-electron chi connectivity index (χ2n) is 4.35. The van der Waals surface area contributed by atoms with Gasteiger partial charge in [-0.2, -0.15) is 0 Å². The number of hydrogen-bond donors (Lipinski definition) is 1. The average Bonchev–Trinajstić information content (AvgIpc) is 2.33. The van der Waals surface area contributed by atoms with Gasteiger partial charge in [-0.3, -0.25) is 9.78 Å². The SMILES string of the molecule is C[C@H](O)c1ccc(N2CCN(C)C(=O)C2)cn1. The van der Waals surface area contributed by atoms with Gasteiger partial charge in [0.05, 0.1) is 30.2 Å². The summed E-state index contributed by atoms with van der Waals surface area (Å²) in [4.78, 5) is 19.5. The molecule has 1 N–H and O–H groups in total. The quantitative estimate of drug-likeness (QED) is 0.807. The van der Waals surface area contributed by atoms with Crippen molar-refractivity contribution in [2.24, 2.45) is 0 Å². The molecule has 0 saturated carbocycles. The number of amides is 1. The van der Waals surface area contributed by atoms with E-state index in [4.69, 9.17) is 0 Å². The molecule has 1 atom stereocenters. The van der Waals surface area contributed by atoms with Crippen LogP contribution in [-0.2, 0) is 4.79 Å². The van der Waals surface area contributed by atoms with Crippen molar-refractivity contribution in [2.75, 3.05) is 31.6 Å². The lowest BCUT2D eigenvalue weighted by molar-refractivity contribution is -0.129. The van der Waals surface area contributed by atoms with Crippen molar-refractivity contribution >= 4 is 11.6 Å². The van der Waals surface area contributed by atoms with Crippen LogP contribution in [0.2, 0.25) is 0 Å². The van der Waals surface area contributed by atoms with Gasteiger partial charge in [-0.25, -0.2) is 0 Å². The van der Waals surface area contributed by atoms with E-state index in [1.807, 2.05) is 18.0 Å². The Morgan fingerprint density at radius 3 is 2.71 bits per heavy atom. The summed E-state index contributed by atoms with van der Waals surface area (Å²) in [5.74, 6) is 0.121. The van der Waals surface area contributed by atoms with E-state index in [0.717, 1.165) is 18.8 Å². The number of hydrogen-bond acceptors (Lipinski definition) is 4. The molecule has 0 spiro atoms. The van der Waals surface area contributed by atoms with Crippen molar-refractivity contribution in [3.63, 3.8) is 0 Å². The minimum absolute atomic E-state index is 0.121. The van der Waals surface area contributed by atoms with Crippen molar-refractivity contribution < 1.29 is 9.90 Å². The second kappa shape index (κ2) is 4.71. The molecular weight excluding hydrogens is 218 g/mol. The van der Waals surface area contributed by atoms with Crippen LogP contribution in [0.25, 0.3) is 0 Å². The highest BCUT2D eigenvalue weighted by Gasteiger charge is 2.21. The Bertz CT molecular complexity index is 403. The fourth-order valence-corrected chi connectivity index (χ4v) is 1.81. The van der Waals surface area contributed by atoms with Gasteiger partial charge >= 0.3 is 0 Å². The van der Waals surface area contributed by atoms with E-state index in [1.54, 1.807) is 24.1 Å². The first-order valence-electron chi connectivity index (χ1n) is 5.71. The van der Waals surface area contributed by atoms with Crippen LogP contribution in [0.4, 0.5) is 5.69 Å². The van der Waals surface area contributed by atoms with Gasteiger partial charge in [0.2, 0.25) is 5.91 Å². The Labute approximate surface area is 101 Å². The number of nitrogens with zero attached hydrogens (tertiary/aromatic N) is 3. The molecule has 1 amide bonds. The summed E-state index contributed by atoms with van der Waals surface area (Å²) in [6.07, 6.45) is 1.15. The molecule has 1 fully saturated rings. The Morgan fingerprint density at radius 1 is 1.41 bits per heavy atom. The number of aliphatic hydroxyl groups is 1. The first-order valence-corrected chi connectivity index (χ1v) is 5.71. The van der Waals surface area contributed by atoms with Gasteiger partial charge in [-0.05, 0) is 19.1 Å². The van der Waals surface area contributed by atoms with Crippen molar-refractivity contribution in [3.8, 4) is 0 Å². The monoisotopic (exact) mass is 235 g/mol. The fourth-order valence-electron chi connectivity index (χ4n) is 1.81. The number of likely N-dealkylation sites (N-methyl/N-ethyl adjacent to an activating group) is 1. The maximum atomic E-state index is 11.6. The fraction of sp³-hybridized carbons (Fsp3) is 0.500. The minimum atomic E-state index is -0.557. The zero-order valence-electron chi connectivity index (χ0n) is 10.1. The largest absolute Gasteiger partial charge is 0.387 e. The van der Waals surface area contributed by atoms with Crippen LogP contribution >= 0.6 is 0 Å². The Balaban J connectivity index is 2.10. The number of carbonyl (C=O) groups is 1. The molecule has 1 aliphatic rings. The number of pyridine rings is 1. The van der Waals surface area contributed by atoms with Gasteiger partial charge in [0.25, 0.3) is 0 Å². The number of carbonyl (C=O) groups excluding carboxylic acids is 1. The normalized spacial score (nSPS) is 18.4. The third-order valence-electron chi connectivity index (χ3n) is 3.02. The van der Waals surface area contributed by atoms with Gasteiger partial charge in [0.1, 0.15) is 0 Å². The van der Waals surface area contributed by atoms with Crippen molar-refractivity contribution in [3.05, 3.63) is 24.0 Å². The lowest BCUT2D eigenvalue weighted by Gasteiger charge is -2.33. The molecule has 0 aliphatic carbocycles. The van der Waals surface area contributed by atoms with Crippen LogP contribution < -0.4 is 4.90 Å². The van der Waals surface area contributed by atoms with E-state index >= 15 is 0 Å². The first-order chi connectivity index (χ1) is 8.08. The summed E-state index contributed by atoms with van der Waals surface area (Å²) in [5, 5.41) is 9.36. The predicted octanol–water partition coefficient (Wildman–Crippen LogP) is 0.413. The lowest BCUT2D eigenvalue weighted by Crippen LogP contribution is -2.48. The molecule has 1 aromatic rings. The highest BCUT2D eigenvalue weighted by atomic mass is 16.3. The van der Waals surface area contributed by atoms with Crippen LogP contribution in [0.15, 0.2) is 18.3 Å². The van der Waals surface area contributed by atoms with E-state index in [1.165, 1.54) is 0 Å². The summed E-state index contributed by atoms with van der Waals surface area (Å²) in [6.45, 7) is 3.63. The van der Waals surface area contributed by atoms with Crippen LogP contribution in [0.3, 0.4) is 0 Å². The second-order valence-corrected chi connectivity index (χ2v) is 4.35. The summed E-state index contributed by atoms with van der Waals surface area (Å²) in [6, 6.07) is 3.69. The predicted molar refractivity (Wildman–Crippen MR) is 64.7 cm³/mol. The Morgan fingerprint density at radius 2 is 2.18 bits per heavy atom. The van der Waals surface area contributed by atoms with E-state index in [-0.39, 0.29) is 5.91 Å². The number of rotatable bonds is 2. The number of aliphatic hydroxyl groups excluding tert-OH is 1. The van der Waals surface area contributed by atoms with Crippen LogP contribution in [-0.4, -0.2) is 47.6 Å². The number of anilines is 1. The molecule has 5 nitrogen and oxygen atoms in total. The third kappa shape index (κ3) is 2.55. The van der Waals surface area contributed by atoms with Crippen molar-refractivity contribution in [1.82, 2.24) is 9.88 Å². The molecular formula is C12H17N3O2. The van der Waals surface area contributed by atoms with Crippen LogP contribution in [0.1, 0.15) is 18.7 Å². The molecule has 1 aliphatic heterocycles. The van der Waals surface area contributed by atoms with Gasteiger partial charge in [-0.15, -0.1) is 0 Å². The van der Waals surface area contributed by atoms with Gasteiger partial charge in [0.15, 0.2) is 0 Å². The third-order valence-corrected chi connectivity index (χ3v) is 3.02. The van der Waals surface area contributed by atoms with E-state index in [9.17, 15) is 9.90 Å². The summed E-state index contributed by atoms with van der Waals surface area (Å²) < 4.78 is 0. The van der Waals surface area contributed by atoms with E-state index in [0.29, 0.717) is 12.2 Å². The molecule has 92 valence electrons. The molecule has 2 rings (SSSR count). The summed E-state index contributed by atoms with van der Waals surface area (Å²) in [5.41, 5.74) is 1.57. The molecule has 0 aromatic carbocycles. The summed E-state index contributed by atoms with van der Waals surface area (Å²) >= 11 is 0. The minimum Gasteiger partial charge on any atom is -0.387 e. The molecule has 5 heteroatoms. The molecule has 17 heavy (non-hydrogen) atoms. The maximum absolute atomic E-state index is 11.6. The zero-order chi connectivity index (χ0) is 12.4. The Hall–Kier alpha value is -1.62. The van der Waals surface area contributed by atoms with Gasteiger partial charge in [-0.1, -0.05) is 0 Å². The van der Waals surface area contributed by atoms with Crippen LogP contribution in [0.5, 0.6) is 0 Å². The molecule has 1 aromatic heterocycles. The maximum Gasteiger partial charge on any atom is 0.241 e. The molecule has 0 unspecified atom stereocenters. The van der Waals surface area contributed by atoms with Crippen LogP contribution in [0, 0.1) is 0 Å². The zero-order valence-corrected chi connectivity index (χ0v) is 10.1. The highest BCUT2D eigenvalue weighted by Crippen LogP contribution is 2.17. The lowest BCUT2D eigenvalue weighted by atomic mass is 10.2. The number of aromatic nitrogens is 1. The number of piperazine rings is 1. The smallest absolute Gasteiger partial charge is 0.241 e. The standard InChI is InChI=1S/C12H17N3O2/c1-9(16)11-4-3-10(7-13-11)15-6-5-14(2)12(17)8-15/h3-4,7,9,16H,5-6,8H2,1-2H3/t9-/m0/s1. The molecule has 1 saturated heterocycles.